The van der Waals surface area contributed by atoms with Crippen LogP contribution < -0.4 is 14.8 Å². The minimum Gasteiger partial charge on any atom is -0.493 e. The number of halogens is 1. The minimum absolute atomic E-state index is 0.101. The van der Waals surface area contributed by atoms with Crippen LogP contribution in [0.5, 0.6) is 11.5 Å². The lowest BCUT2D eigenvalue weighted by atomic mass is 10.1. The van der Waals surface area contributed by atoms with E-state index in [1.54, 1.807) is 18.2 Å². The average molecular weight is 348 g/mol. The molecule has 1 N–H and O–H groups in total. The lowest BCUT2D eigenvalue weighted by molar-refractivity contribution is -0.120. The summed E-state index contributed by atoms with van der Waals surface area (Å²) in [5.41, 5.74) is 0.738. The molecule has 6 nitrogen and oxygen atoms in total. The van der Waals surface area contributed by atoms with Crippen LogP contribution in [0.1, 0.15) is 5.56 Å². The molecule has 1 saturated heterocycles. The highest BCUT2D eigenvalue weighted by molar-refractivity contribution is 7.91. The van der Waals surface area contributed by atoms with E-state index in [0.717, 1.165) is 5.56 Å². The minimum atomic E-state index is -3.17. The van der Waals surface area contributed by atoms with Gasteiger partial charge in [0.1, 0.15) is 0 Å². The van der Waals surface area contributed by atoms with Crippen LogP contribution in [-0.2, 0) is 21.1 Å². The molecule has 0 bridgehead atoms. The molecular formula is C14H18ClNO5S. The number of rotatable bonds is 5. The molecule has 0 unspecified atom stereocenters. The molecule has 1 aromatic carbocycles. The summed E-state index contributed by atoms with van der Waals surface area (Å²) in [6.45, 7) is 0. The van der Waals surface area contributed by atoms with Gasteiger partial charge < -0.3 is 14.8 Å². The van der Waals surface area contributed by atoms with Crippen molar-refractivity contribution in [3.63, 3.8) is 0 Å². The van der Waals surface area contributed by atoms with E-state index in [-0.39, 0.29) is 23.8 Å². The predicted molar refractivity (Wildman–Crippen MR) is 83.5 cm³/mol. The Bertz CT molecular complexity index is 661. The van der Waals surface area contributed by atoms with Crippen LogP contribution in [0.15, 0.2) is 18.2 Å². The standard InChI is InChI=1S/C14H18ClNO5S/c1-20-12-4-3-9(5-13(12)21-2)6-14(17)16-11-8-22(18,19)7-10(11)15/h3-5,10-11H,6-8H2,1-2H3,(H,16,17)/t10-,11-/m1/s1. The first kappa shape index (κ1) is 16.9. The van der Waals surface area contributed by atoms with Crippen molar-refractivity contribution in [1.29, 1.82) is 0 Å². The van der Waals surface area contributed by atoms with Gasteiger partial charge in [-0.3, -0.25) is 4.79 Å². The van der Waals surface area contributed by atoms with Gasteiger partial charge in [0.15, 0.2) is 21.3 Å². The third kappa shape index (κ3) is 4.04. The Labute approximate surface area is 134 Å². The van der Waals surface area contributed by atoms with Crippen molar-refractivity contribution < 1.29 is 22.7 Å². The Kier molecular flexibility index (Phi) is 5.18. The second-order valence-corrected chi connectivity index (χ2v) is 7.85. The number of alkyl halides is 1. The zero-order valence-corrected chi connectivity index (χ0v) is 13.9. The van der Waals surface area contributed by atoms with E-state index in [9.17, 15) is 13.2 Å². The quantitative estimate of drug-likeness (QED) is 0.795. The second-order valence-electron chi connectivity index (χ2n) is 5.13. The van der Waals surface area contributed by atoms with E-state index in [0.29, 0.717) is 11.5 Å². The maximum Gasteiger partial charge on any atom is 0.224 e. The molecular weight excluding hydrogens is 330 g/mol. The fourth-order valence-electron chi connectivity index (χ4n) is 2.37. The van der Waals surface area contributed by atoms with Gasteiger partial charge in [0.25, 0.3) is 0 Å². The number of hydrogen-bond donors (Lipinski definition) is 1. The van der Waals surface area contributed by atoms with Gasteiger partial charge in [-0.15, -0.1) is 11.6 Å². The summed E-state index contributed by atoms with van der Waals surface area (Å²) < 4.78 is 33.3. The highest BCUT2D eigenvalue weighted by atomic mass is 35.5. The van der Waals surface area contributed by atoms with Crippen LogP contribution in [0.25, 0.3) is 0 Å². The molecule has 0 aliphatic carbocycles. The summed E-state index contributed by atoms with van der Waals surface area (Å²) in [5, 5.41) is 2.09. The monoisotopic (exact) mass is 347 g/mol. The van der Waals surface area contributed by atoms with Gasteiger partial charge in [0.05, 0.1) is 43.6 Å². The van der Waals surface area contributed by atoms with Crippen molar-refractivity contribution in [3.8, 4) is 11.5 Å². The van der Waals surface area contributed by atoms with Gasteiger partial charge in [-0.2, -0.15) is 0 Å². The summed E-state index contributed by atoms with van der Waals surface area (Å²) >= 11 is 5.97. The Hall–Kier alpha value is -1.47. The molecule has 2 rings (SSSR count). The summed E-state index contributed by atoms with van der Waals surface area (Å²) in [7, 11) is -0.116. The number of hydrogen-bond acceptors (Lipinski definition) is 5. The number of sulfone groups is 1. The van der Waals surface area contributed by atoms with Crippen LogP contribution >= 0.6 is 11.6 Å². The number of nitrogens with one attached hydrogen (secondary N) is 1. The highest BCUT2D eigenvalue weighted by Gasteiger charge is 2.37. The topological polar surface area (TPSA) is 81.7 Å². The molecule has 0 aromatic heterocycles. The smallest absolute Gasteiger partial charge is 0.224 e. The zero-order valence-electron chi connectivity index (χ0n) is 12.3. The molecule has 0 radical (unpaired) electrons. The Morgan fingerprint density at radius 1 is 1.27 bits per heavy atom. The molecule has 122 valence electrons. The first-order valence-corrected chi connectivity index (χ1v) is 8.95. The molecule has 2 atom stereocenters. The zero-order chi connectivity index (χ0) is 16.3. The lowest BCUT2D eigenvalue weighted by Gasteiger charge is -2.15. The van der Waals surface area contributed by atoms with E-state index in [1.807, 2.05) is 0 Å². The van der Waals surface area contributed by atoms with Gasteiger partial charge in [0, 0.05) is 0 Å². The fraction of sp³-hybridized carbons (Fsp3) is 0.500. The van der Waals surface area contributed by atoms with Crippen molar-refractivity contribution in [2.45, 2.75) is 17.8 Å². The average Bonchev–Trinajstić information content (AvgIpc) is 2.70. The number of ether oxygens (including phenoxy) is 2. The van der Waals surface area contributed by atoms with E-state index in [1.165, 1.54) is 14.2 Å². The number of methoxy groups -OCH3 is 2. The SMILES string of the molecule is COc1ccc(CC(=O)N[C@@H]2CS(=O)(=O)C[C@H]2Cl)cc1OC. The van der Waals surface area contributed by atoms with E-state index in [2.05, 4.69) is 5.32 Å². The van der Waals surface area contributed by atoms with Gasteiger partial charge in [-0.1, -0.05) is 6.07 Å². The van der Waals surface area contributed by atoms with E-state index in [4.69, 9.17) is 21.1 Å². The molecule has 8 heteroatoms. The van der Waals surface area contributed by atoms with Crippen molar-refractivity contribution in [2.75, 3.05) is 25.7 Å². The van der Waals surface area contributed by atoms with Gasteiger partial charge >= 0.3 is 0 Å². The lowest BCUT2D eigenvalue weighted by Crippen LogP contribution is -2.41. The molecule has 1 aliphatic heterocycles. The third-order valence-corrected chi connectivity index (χ3v) is 5.82. The molecule has 1 fully saturated rings. The van der Waals surface area contributed by atoms with Crippen molar-refractivity contribution >= 4 is 27.3 Å². The van der Waals surface area contributed by atoms with Crippen LogP contribution in [0.4, 0.5) is 0 Å². The van der Waals surface area contributed by atoms with Crippen LogP contribution in [0.2, 0.25) is 0 Å². The second kappa shape index (κ2) is 6.75. The van der Waals surface area contributed by atoms with Crippen LogP contribution in [0.3, 0.4) is 0 Å². The van der Waals surface area contributed by atoms with E-state index >= 15 is 0 Å². The Morgan fingerprint density at radius 3 is 2.50 bits per heavy atom. The fourth-order valence-corrected chi connectivity index (χ4v) is 4.92. The van der Waals surface area contributed by atoms with E-state index < -0.39 is 21.3 Å². The maximum absolute atomic E-state index is 12.0. The first-order valence-electron chi connectivity index (χ1n) is 6.69. The molecule has 0 saturated carbocycles. The Morgan fingerprint density at radius 2 is 1.95 bits per heavy atom. The normalized spacial score (nSPS) is 23.0. The van der Waals surface area contributed by atoms with Crippen LogP contribution in [0, 0.1) is 0 Å². The number of benzene rings is 1. The van der Waals surface area contributed by atoms with Crippen molar-refractivity contribution in [2.24, 2.45) is 0 Å². The van der Waals surface area contributed by atoms with Gasteiger partial charge in [0.2, 0.25) is 5.91 Å². The first-order chi connectivity index (χ1) is 10.3. The molecule has 1 heterocycles. The summed E-state index contributed by atoms with van der Waals surface area (Å²) in [4.78, 5) is 12.0. The summed E-state index contributed by atoms with van der Waals surface area (Å²) in [6, 6.07) is 4.64. The summed E-state index contributed by atoms with van der Waals surface area (Å²) in [6.07, 6.45) is 0.112. The van der Waals surface area contributed by atoms with Gasteiger partial charge in [-0.25, -0.2) is 8.42 Å². The van der Waals surface area contributed by atoms with Crippen molar-refractivity contribution in [1.82, 2.24) is 5.32 Å². The maximum atomic E-state index is 12.0. The number of carbonyl (C=O) groups is 1. The molecule has 1 amide bonds. The predicted octanol–water partition coefficient (Wildman–Crippen LogP) is 0.767. The highest BCUT2D eigenvalue weighted by Crippen LogP contribution is 2.27. The van der Waals surface area contributed by atoms with Gasteiger partial charge in [-0.05, 0) is 17.7 Å². The largest absolute Gasteiger partial charge is 0.493 e. The van der Waals surface area contributed by atoms with Crippen LogP contribution in [-0.4, -0.2) is 51.5 Å². The van der Waals surface area contributed by atoms with Crippen molar-refractivity contribution in [3.05, 3.63) is 23.8 Å². The Balaban J connectivity index is 2.01. The molecule has 1 aliphatic rings. The summed E-state index contributed by atoms with van der Waals surface area (Å²) in [5.74, 6) is 0.620. The number of carbonyl (C=O) groups excluding carboxylic acids is 1. The molecule has 1 aromatic rings. The number of amides is 1. The molecule has 22 heavy (non-hydrogen) atoms. The third-order valence-electron chi connectivity index (χ3n) is 3.44. The molecule has 0 spiro atoms.